The van der Waals surface area contributed by atoms with Gasteiger partial charge in [0.1, 0.15) is 5.75 Å². The standard InChI is InChI=1S/C18H25ClN4OS.HI/c1-5-20-18(21-9-8-17-23-12(2)13(3)25-17)22-11-14-6-7-15(19)10-16(14)24-4;/h6-7,10H,5,8-9,11H2,1-4H3,(H2,20,21,22);1H. The Morgan fingerprint density at radius 1 is 1.31 bits per heavy atom. The third-order valence-electron chi connectivity index (χ3n) is 3.70. The van der Waals surface area contributed by atoms with Crippen molar-refractivity contribution in [3.63, 3.8) is 0 Å². The third kappa shape index (κ3) is 6.92. The van der Waals surface area contributed by atoms with Gasteiger partial charge in [0.25, 0.3) is 0 Å². The zero-order chi connectivity index (χ0) is 18.2. The van der Waals surface area contributed by atoms with Gasteiger partial charge in [0.2, 0.25) is 0 Å². The number of guanidine groups is 1. The number of aliphatic imine (C=N–C) groups is 1. The molecule has 0 saturated carbocycles. The number of ether oxygens (including phenoxy) is 1. The molecule has 0 aliphatic rings. The fourth-order valence-corrected chi connectivity index (χ4v) is 3.38. The van der Waals surface area contributed by atoms with E-state index in [0.29, 0.717) is 11.6 Å². The minimum absolute atomic E-state index is 0. The number of methoxy groups -OCH3 is 1. The molecule has 1 aromatic heterocycles. The molecule has 0 fully saturated rings. The molecule has 0 aliphatic heterocycles. The molecule has 0 aliphatic carbocycles. The summed E-state index contributed by atoms with van der Waals surface area (Å²) in [5.41, 5.74) is 2.12. The van der Waals surface area contributed by atoms with Crippen molar-refractivity contribution in [3.05, 3.63) is 44.4 Å². The van der Waals surface area contributed by atoms with Crippen molar-refractivity contribution in [2.24, 2.45) is 4.99 Å². The molecule has 1 heterocycles. The zero-order valence-corrected chi connectivity index (χ0v) is 19.5. The van der Waals surface area contributed by atoms with Gasteiger partial charge in [-0.05, 0) is 32.9 Å². The Labute approximate surface area is 181 Å². The first-order valence-corrected chi connectivity index (χ1v) is 9.50. The highest BCUT2D eigenvalue weighted by atomic mass is 127. The molecule has 0 bridgehead atoms. The molecule has 8 heteroatoms. The van der Waals surface area contributed by atoms with E-state index in [1.165, 1.54) is 4.88 Å². The highest BCUT2D eigenvalue weighted by molar-refractivity contribution is 14.0. The van der Waals surface area contributed by atoms with E-state index in [1.54, 1.807) is 24.5 Å². The Morgan fingerprint density at radius 2 is 2.08 bits per heavy atom. The SMILES string of the molecule is CCNC(=NCc1ccc(Cl)cc1OC)NCCc1nc(C)c(C)s1.I. The van der Waals surface area contributed by atoms with Crippen LogP contribution in [-0.4, -0.2) is 31.1 Å². The average Bonchev–Trinajstić information content (AvgIpc) is 2.91. The van der Waals surface area contributed by atoms with Crippen LogP contribution in [0.4, 0.5) is 0 Å². The molecule has 0 saturated heterocycles. The van der Waals surface area contributed by atoms with Gasteiger partial charge in [-0.15, -0.1) is 35.3 Å². The third-order valence-corrected chi connectivity index (χ3v) is 5.07. The predicted octanol–water partition coefficient (Wildman–Crippen LogP) is 4.34. The topological polar surface area (TPSA) is 58.5 Å². The summed E-state index contributed by atoms with van der Waals surface area (Å²) in [6.45, 7) is 8.32. The van der Waals surface area contributed by atoms with Crippen molar-refractivity contribution < 1.29 is 4.74 Å². The molecule has 2 aromatic rings. The van der Waals surface area contributed by atoms with Gasteiger partial charge < -0.3 is 15.4 Å². The maximum atomic E-state index is 6.00. The molecule has 1 aromatic carbocycles. The number of nitrogens with one attached hydrogen (secondary N) is 2. The molecule has 0 atom stereocenters. The Kier molecular flexibility index (Phi) is 10.3. The van der Waals surface area contributed by atoms with Gasteiger partial charge in [0.05, 0.1) is 24.4 Å². The fourth-order valence-electron chi connectivity index (χ4n) is 2.29. The molecule has 144 valence electrons. The summed E-state index contributed by atoms with van der Waals surface area (Å²) in [5.74, 6) is 1.53. The molecular formula is C18H26ClIN4OS. The first-order chi connectivity index (χ1) is 12.0. The van der Waals surface area contributed by atoms with E-state index in [1.807, 2.05) is 26.0 Å². The van der Waals surface area contributed by atoms with Crippen molar-refractivity contribution in [1.82, 2.24) is 15.6 Å². The Morgan fingerprint density at radius 3 is 2.69 bits per heavy atom. The summed E-state index contributed by atoms with van der Waals surface area (Å²) in [6.07, 6.45) is 0.883. The summed E-state index contributed by atoms with van der Waals surface area (Å²) in [4.78, 5) is 10.5. The fraction of sp³-hybridized carbons (Fsp3) is 0.444. The first-order valence-electron chi connectivity index (χ1n) is 8.31. The zero-order valence-electron chi connectivity index (χ0n) is 15.6. The molecular weight excluding hydrogens is 483 g/mol. The van der Waals surface area contributed by atoms with Gasteiger partial charge in [0.15, 0.2) is 5.96 Å². The van der Waals surface area contributed by atoms with Crippen LogP contribution in [0.15, 0.2) is 23.2 Å². The lowest BCUT2D eigenvalue weighted by Crippen LogP contribution is -2.38. The lowest BCUT2D eigenvalue weighted by molar-refractivity contribution is 0.410. The minimum atomic E-state index is 0. The van der Waals surface area contributed by atoms with E-state index in [9.17, 15) is 0 Å². The van der Waals surface area contributed by atoms with Crippen LogP contribution in [-0.2, 0) is 13.0 Å². The summed E-state index contributed by atoms with van der Waals surface area (Å²) in [7, 11) is 1.64. The van der Waals surface area contributed by atoms with E-state index in [4.69, 9.17) is 16.3 Å². The largest absolute Gasteiger partial charge is 0.496 e. The number of aryl methyl sites for hydroxylation is 2. The van der Waals surface area contributed by atoms with E-state index in [2.05, 4.69) is 27.5 Å². The van der Waals surface area contributed by atoms with Gasteiger partial charge in [-0.2, -0.15) is 0 Å². The monoisotopic (exact) mass is 508 g/mol. The molecule has 26 heavy (non-hydrogen) atoms. The van der Waals surface area contributed by atoms with E-state index < -0.39 is 0 Å². The van der Waals surface area contributed by atoms with E-state index in [0.717, 1.165) is 47.5 Å². The Balaban J connectivity index is 0.00000338. The number of benzene rings is 1. The summed E-state index contributed by atoms with van der Waals surface area (Å²) in [6, 6.07) is 5.59. The van der Waals surface area contributed by atoms with Crippen LogP contribution >= 0.6 is 46.9 Å². The van der Waals surface area contributed by atoms with E-state index in [-0.39, 0.29) is 24.0 Å². The second-order valence-electron chi connectivity index (χ2n) is 5.58. The van der Waals surface area contributed by atoms with Gasteiger partial charge in [-0.25, -0.2) is 9.98 Å². The summed E-state index contributed by atoms with van der Waals surface area (Å²) >= 11 is 7.76. The van der Waals surface area contributed by atoms with E-state index >= 15 is 0 Å². The molecule has 2 N–H and O–H groups in total. The van der Waals surface area contributed by atoms with Crippen molar-refractivity contribution in [1.29, 1.82) is 0 Å². The predicted molar refractivity (Wildman–Crippen MR) is 122 cm³/mol. The number of hydrogen-bond acceptors (Lipinski definition) is 4. The van der Waals surface area contributed by atoms with Crippen LogP contribution in [0.3, 0.4) is 0 Å². The highest BCUT2D eigenvalue weighted by Crippen LogP contribution is 2.23. The highest BCUT2D eigenvalue weighted by Gasteiger charge is 2.06. The van der Waals surface area contributed by atoms with Crippen molar-refractivity contribution >= 4 is 52.9 Å². The molecule has 0 unspecified atom stereocenters. The van der Waals surface area contributed by atoms with Crippen LogP contribution in [0, 0.1) is 13.8 Å². The number of nitrogens with zero attached hydrogens (tertiary/aromatic N) is 2. The summed E-state index contributed by atoms with van der Waals surface area (Å²) in [5, 5.41) is 8.42. The number of aromatic nitrogens is 1. The van der Waals surface area contributed by atoms with Gasteiger partial charge in [-0.1, -0.05) is 17.7 Å². The Bertz CT molecular complexity index is 716. The number of rotatable bonds is 7. The first kappa shape index (κ1) is 23.0. The van der Waals surface area contributed by atoms with Crippen molar-refractivity contribution in [2.45, 2.75) is 33.7 Å². The second-order valence-corrected chi connectivity index (χ2v) is 7.30. The number of halogens is 2. The van der Waals surface area contributed by atoms with Crippen LogP contribution in [0.2, 0.25) is 5.02 Å². The second kappa shape index (κ2) is 11.6. The minimum Gasteiger partial charge on any atom is -0.496 e. The maximum Gasteiger partial charge on any atom is 0.191 e. The Hall–Kier alpha value is -1.06. The number of thiazole rings is 1. The quantitative estimate of drug-likeness (QED) is 0.332. The normalized spacial score (nSPS) is 11.0. The molecule has 2 rings (SSSR count). The van der Waals surface area contributed by atoms with Gasteiger partial charge in [-0.3, -0.25) is 0 Å². The maximum absolute atomic E-state index is 6.00. The molecule has 0 radical (unpaired) electrons. The summed E-state index contributed by atoms with van der Waals surface area (Å²) < 4.78 is 5.37. The van der Waals surface area contributed by atoms with Crippen LogP contribution in [0.5, 0.6) is 5.75 Å². The van der Waals surface area contributed by atoms with Gasteiger partial charge >= 0.3 is 0 Å². The van der Waals surface area contributed by atoms with Crippen molar-refractivity contribution in [2.75, 3.05) is 20.2 Å². The number of hydrogen-bond donors (Lipinski definition) is 2. The molecule has 5 nitrogen and oxygen atoms in total. The molecule has 0 spiro atoms. The van der Waals surface area contributed by atoms with Crippen LogP contribution < -0.4 is 15.4 Å². The van der Waals surface area contributed by atoms with Gasteiger partial charge in [0, 0.05) is 35.0 Å². The molecule has 0 amide bonds. The lowest BCUT2D eigenvalue weighted by Gasteiger charge is -2.12. The van der Waals surface area contributed by atoms with Crippen molar-refractivity contribution in [3.8, 4) is 5.75 Å². The van der Waals surface area contributed by atoms with Crippen LogP contribution in [0.25, 0.3) is 0 Å². The average molecular weight is 509 g/mol. The lowest BCUT2D eigenvalue weighted by atomic mass is 10.2. The van der Waals surface area contributed by atoms with Crippen LogP contribution in [0.1, 0.15) is 28.1 Å². The smallest absolute Gasteiger partial charge is 0.191 e.